The molecule has 6 nitrogen and oxygen atoms in total. The molecule has 1 atom stereocenters. The Labute approximate surface area is 115 Å². The maximum Gasteiger partial charge on any atom is 0.274 e. The number of thiophene rings is 1. The van der Waals surface area contributed by atoms with Crippen molar-refractivity contribution >= 4 is 23.1 Å². The van der Waals surface area contributed by atoms with Gasteiger partial charge >= 0.3 is 0 Å². The maximum atomic E-state index is 12.3. The van der Waals surface area contributed by atoms with Crippen LogP contribution in [0.3, 0.4) is 0 Å². The van der Waals surface area contributed by atoms with E-state index in [9.17, 15) is 4.79 Å². The Kier molecular flexibility index (Phi) is 4.08. The van der Waals surface area contributed by atoms with Crippen LogP contribution in [0.15, 0.2) is 29.9 Å². The number of carbonyl (C=O) groups excluding carboxylic acids is 1. The number of hydrazine groups is 1. The second-order valence-electron chi connectivity index (χ2n) is 4.04. The van der Waals surface area contributed by atoms with Crippen molar-refractivity contribution in [1.29, 1.82) is 0 Å². The lowest BCUT2D eigenvalue weighted by Gasteiger charge is -2.23. The standard InChI is InChI=1S/C12H15N5OS/c1-8(10-4-3-5-19-10)17(2)12(18)9-6-14-7-11(15-9)16-13/h3-8H,13H2,1-2H3,(H,15,16). The quantitative estimate of drug-likeness (QED) is 0.656. The monoisotopic (exact) mass is 277 g/mol. The van der Waals surface area contributed by atoms with Crippen LogP contribution in [0, 0.1) is 0 Å². The van der Waals surface area contributed by atoms with Crippen LogP contribution in [0.5, 0.6) is 0 Å². The van der Waals surface area contributed by atoms with Gasteiger partial charge in [-0.1, -0.05) is 6.07 Å². The van der Waals surface area contributed by atoms with E-state index in [2.05, 4.69) is 15.4 Å². The first-order valence-electron chi connectivity index (χ1n) is 5.72. The highest BCUT2D eigenvalue weighted by molar-refractivity contribution is 7.10. The number of anilines is 1. The minimum Gasteiger partial charge on any atom is -0.333 e. The third-order valence-electron chi connectivity index (χ3n) is 2.86. The fourth-order valence-corrected chi connectivity index (χ4v) is 2.44. The van der Waals surface area contributed by atoms with Crippen LogP contribution in [0.1, 0.15) is 28.3 Å². The van der Waals surface area contributed by atoms with Crippen LogP contribution >= 0.6 is 11.3 Å². The van der Waals surface area contributed by atoms with Crippen LogP contribution in [-0.2, 0) is 0 Å². The highest BCUT2D eigenvalue weighted by Gasteiger charge is 2.21. The van der Waals surface area contributed by atoms with E-state index in [0.29, 0.717) is 5.82 Å². The van der Waals surface area contributed by atoms with E-state index < -0.39 is 0 Å². The van der Waals surface area contributed by atoms with Crippen LogP contribution < -0.4 is 11.3 Å². The predicted octanol–water partition coefficient (Wildman–Crippen LogP) is 1.66. The first-order chi connectivity index (χ1) is 9.13. The predicted molar refractivity (Wildman–Crippen MR) is 74.7 cm³/mol. The Morgan fingerprint density at radius 1 is 1.53 bits per heavy atom. The number of amides is 1. The number of rotatable bonds is 4. The summed E-state index contributed by atoms with van der Waals surface area (Å²) in [6, 6.07) is 3.96. The van der Waals surface area contributed by atoms with Gasteiger partial charge in [0.15, 0.2) is 5.82 Å². The molecule has 0 aromatic carbocycles. The number of hydrogen-bond acceptors (Lipinski definition) is 6. The molecule has 0 aliphatic rings. The molecule has 0 radical (unpaired) electrons. The fourth-order valence-electron chi connectivity index (χ4n) is 1.61. The average Bonchev–Trinajstić information content (AvgIpc) is 2.99. The molecular formula is C12H15N5OS. The molecule has 1 unspecified atom stereocenters. The van der Waals surface area contributed by atoms with Crippen molar-refractivity contribution in [3.8, 4) is 0 Å². The molecule has 7 heteroatoms. The third-order valence-corrected chi connectivity index (χ3v) is 3.90. The van der Waals surface area contributed by atoms with Gasteiger partial charge in [-0.25, -0.2) is 10.8 Å². The highest BCUT2D eigenvalue weighted by Crippen LogP contribution is 2.24. The maximum absolute atomic E-state index is 12.3. The number of nitrogens with one attached hydrogen (secondary N) is 1. The lowest BCUT2D eigenvalue weighted by Crippen LogP contribution is -2.30. The minimum absolute atomic E-state index is 0.0104. The number of nitrogens with zero attached hydrogens (tertiary/aromatic N) is 3. The number of nitrogens with two attached hydrogens (primary N) is 1. The molecule has 2 rings (SSSR count). The molecule has 19 heavy (non-hydrogen) atoms. The highest BCUT2D eigenvalue weighted by atomic mass is 32.1. The van der Waals surface area contributed by atoms with E-state index in [1.54, 1.807) is 23.3 Å². The van der Waals surface area contributed by atoms with Gasteiger partial charge in [-0.2, -0.15) is 0 Å². The average molecular weight is 277 g/mol. The van der Waals surface area contributed by atoms with E-state index >= 15 is 0 Å². The summed E-state index contributed by atoms with van der Waals surface area (Å²) in [5.74, 6) is 5.43. The van der Waals surface area contributed by atoms with Crippen molar-refractivity contribution in [3.05, 3.63) is 40.5 Å². The number of aromatic nitrogens is 2. The molecule has 2 heterocycles. The van der Waals surface area contributed by atoms with Gasteiger partial charge in [0.1, 0.15) is 5.69 Å². The van der Waals surface area contributed by atoms with Gasteiger partial charge < -0.3 is 10.3 Å². The van der Waals surface area contributed by atoms with Crippen LogP contribution in [0.4, 0.5) is 5.82 Å². The Morgan fingerprint density at radius 3 is 2.95 bits per heavy atom. The largest absolute Gasteiger partial charge is 0.333 e. The molecule has 2 aromatic heterocycles. The van der Waals surface area contributed by atoms with Gasteiger partial charge in [-0.15, -0.1) is 11.3 Å². The first kappa shape index (κ1) is 13.4. The van der Waals surface area contributed by atoms with Gasteiger partial charge in [-0.05, 0) is 18.4 Å². The molecule has 0 aliphatic heterocycles. The molecule has 0 aliphatic carbocycles. The Morgan fingerprint density at radius 2 is 2.32 bits per heavy atom. The van der Waals surface area contributed by atoms with Crippen LogP contribution in [0.2, 0.25) is 0 Å². The van der Waals surface area contributed by atoms with Crippen molar-refractivity contribution in [2.45, 2.75) is 13.0 Å². The van der Waals surface area contributed by atoms with E-state index in [1.165, 1.54) is 12.4 Å². The number of hydrogen-bond donors (Lipinski definition) is 2. The van der Waals surface area contributed by atoms with E-state index in [1.807, 2.05) is 24.4 Å². The summed E-state index contributed by atoms with van der Waals surface area (Å²) >= 11 is 1.62. The normalized spacial score (nSPS) is 11.9. The van der Waals surface area contributed by atoms with Gasteiger partial charge in [0.25, 0.3) is 5.91 Å². The third kappa shape index (κ3) is 2.88. The molecular weight excluding hydrogens is 262 g/mol. The van der Waals surface area contributed by atoms with Gasteiger partial charge in [0.2, 0.25) is 0 Å². The molecule has 0 fully saturated rings. The Bertz CT molecular complexity index is 557. The molecule has 0 saturated heterocycles. The summed E-state index contributed by atoms with van der Waals surface area (Å²) in [4.78, 5) is 23.1. The van der Waals surface area contributed by atoms with Crippen molar-refractivity contribution in [1.82, 2.24) is 14.9 Å². The smallest absolute Gasteiger partial charge is 0.274 e. The number of carbonyl (C=O) groups is 1. The minimum atomic E-state index is -0.189. The SMILES string of the molecule is CC(c1cccs1)N(C)C(=O)c1cncc(NN)n1. The zero-order valence-corrected chi connectivity index (χ0v) is 11.5. The Balaban J connectivity index is 2.18. The molecule has 1 amide bonds. The first-order valence-corrected chi connectivity index (χ1v) is 6.60. The topological polar surface area (TPSA) is 84.1 Å². The lowest BCUT2D eigenvalue weighted by molar-refractivity contribution is 0.0738. The molecule has 0 saturated carbocycles. The van der Waals surface area contributed by atoms with E-state index in [4.69, 9.17) is 5.84 Å². The lowest BCUT2D eigenvalue weighted by atomic mass is 10.2. The van der Waals surface area contributed by atoms with Crippen molar-refractivity contribution in [3.63, 3.8) is 0 Å². The molecule has 0 spiro atoms. The van der Waals surface area contributed by atoms with Crippen molar-refractivity contribution in [2.75, 3.05) is 12.5 Å². The molecule has 0 bridgehead atoms. The Hall–Kier alpha value is -1.99. The summed E-state index contributed by atoms with van der Waals surface area (Å²) in [5, 5.41) is 1.99. The summed E-state index contributed by atoms with van der Waals surface area (Å²) in [6.45, 7) is 1.97. The number of nitrogen functional groups attached to an aromatic ring is 1. The summed E-state index contributed by atoms with van der Waals surface area (Å²) in [5.41, 5.74) is 2.64. The fraction of sp³-hybridized carbons (Fsp3) is 0.250. The molecule has 2 aromatic rings. The van der Waals surface area contributed by atoms with Gasteiger partial charge in [-0.3, -0.25) is 9.78 Å². The van der Waals surface area contributed by atoms with Crippen LogP contribution in [0.25, 0.3) is 0 Å². The van der Waals surface area contributed by atoms with Crippen molar-refractivity contribution < 1.29 is 4.79 Å². The van der Waals surface area contributed by atoms with Crippen molar-refractivity contribution in [2.24, 2.45) is 5.84 Å². The zero-order chi connectivity index (χ0) is 13.8. The zero-order valence-electron chi connectivity index (χ0n) is 10.7. The van der Waals surface area contributed by atoms with Crippen LogP contribution in [-0.4, -0.2) is 27.8 Å². The van der Waals surface area contributed by atoms with E-state index in [-0.39, 0.29) is 17.6 Å². The summed E-state index contributed by atoms with van der Waals surface area (Å²) in [7, 11) is 1.75. The van der Waals surface area contributed by atoms with Gasteiger partial charge in [0, 0.05) is 11.9 Å². The van der Waals surface area contributed by atoms with Gasteiger partial charge in [0.05, 0.1) is 18.4 Å². The summed E-state index contributed by atoms with van der Waals surface area (Å²) in [6.07, 6.45) is 2.89. The second-order valence-corrected chi connectivity index (χ2v) is 5.02. The molecule has 100 valence electrons. The summed E-state index contributed by atoms with van der Waals surface area (Å²) < 4.78 is 0. The van der Waals surface area contributed by atoms with E-state index in [0.717, 1.165) is 4.88 Å². The second kappa shape index (κ2) is 5.77. The molecule has 3 N–H and O–H groups in total.